The van der Waals surface area contributed by atoms with Gasteiger partial charge in [-0.1, -0.05) is 28.1 Å². The van der Waals surface area contributed by atoms with Crippen molar-refractivity contribution in [3.63, 3.8) is 0 Å². The smallest absolute Gasteiger partial charge is 0.166 e. The van der Waals surface area contributed by atoms with Crippen molar-refractivity contribution in [3.05, 3.63) is 83.4 Å². The lowest BCUT2D eigenvalue weighted by molar-refractivity contribution is 0.477. The van der Waals surface area contributed by atoms with Gasteiger partial charge in [-0.3, -0.25) is 0 Å². The number of nitrogens with zero attached hydrogens (tertiary/aromatic N) is 3. The number of anilines is 1. The van der Waals surface area contributed by atoms with E-state index in [1.807, 2.05) is 10.8 Å². The Hall–Kier alpha value is -3.26. The van der Waals surface area contributed by atoms with Gasteiger partial charge in [0.25, 0.3) is 0 Å². The van der Waals surface area contributed by atoms with Crippen molar-refractivity contribution in [3.8, 4) is 28.1 Å². The minimum Gasteiger partial charge on any atom is -0.507 e. The number of rotatable bonds is 7. The van der Waals surface area contributed by atoms with Crippen molar-refractivity contribution in [2.75, 3.05) is 11.9 Å². The normalized spacial score (nSPS) is 10.9. The molecule has 31 heavy (non-hydrogen) atoms. The van der Waals surface area contributed by atoms with E-state index in [0.717, 1.165) is 23.5 Å². The molecule has 8 heteroatoms. The number of hydrogen-bond acceptors (Lipinski definition) is 4. The molecule has 0 unspecified atom stereocenters. The van der Waals surface area contributed by atoms with Crippen molar-refractivity contribution in [2.24, 2.45) is 0 Å². The van der Waals surface area contributed by atoms with Gasteiger partial charge in [-0.15, -0.1) is 0 Å². The van der Waals surface area contributed by atoms with Crippen LogP contribution in [0.2, 0.25) is 0 Å². The number of aryl methyl sites for hydroxylation is 1. The Morgan fingerprint density at radius 2 is 1.94 bits per heavy atom. The minimum absolute atomic E-state index is 0.0404. The summed E-state index contributed by atoms with van der Waals surface area (Å²) in [5, 5.41) is 13.6. The van der Waals surface area contributed by atoms with Gasteiger partial charge in [0, 0.05) is 41.1 Å². The maximum Gasteiger partial charge on any atom is 0.166 e. The van der Waals surface area contributed by atoms with Gasteiger partial charge in [-0.2, -0.15) is 0 Å². The molecule has 4 rings (SSSR count). The van der Waals surface area contributed by atoms with E-state index in [2.05, 4.69) is 31.2 Å². The lowest BCUT2D eigenvalue weighted by Gasteiger charge is -2.13. The monoisotopic (exact) mass is 484 g/mol. The second kappa shape index (κ2) is 9.26. The molecule has 2 aromatic heterocycles. The maximum atomic E-state index is 14.5. The van der Waals surface area contributed by atoms with Crippen LogP contribution in [0.4, 0.5) is 14.6 Å². The zero-order valence-corrected chi connectivity index (χ0v) is 18.0. The molecule has 0 amide bonds. The Morgan fingerprint density at radius 3 is 2.74 bits per heavy atom. The van der Waals surface area contributed by atoms with Crippen LogP contribution < -0.4 is 5.32 Å². The fourth-order valence-corrected chi connectivity index (χ4v) is 3.61. The first-order valence-corrected chi connectivity index (χ1v) is 10.5. The number of aromatic hydroxyl groups is 1. The molecule has 2 N–H and O–H groups in total. The Balaban J connectivity index is 1.68. The molecule has 0 atom stereocenters. The third-order valence-electron chi connectivity index (χ3n) is 4.78. The highest BCUT2D eigenvalue weighted by Crippen LogP contribution is 2.35. The van der Waals surface area contributed by atoms with Gasteiger partial charge >= 0.3 is 0 Å². The predicted octanol–water partition coefficient (Wildman–Crippen LogP) is 5.86. The summed E-state index contributed by atoms with van der Waals surface area (Å²) in [6.07, 6.45) is 6.18. The SMILES string of the molecule is Oc1ccc(Br)cc1-c1cc(-c2cccc(F)c2F)cc(NCCCn2ccnc2)n1. The van der Waals surface area contributed by atoms with Gasteiger partial charge in [0.15, 0.2) is 11.6 Å². The Morgan fingerprint density at radius 1 is 1.06 bits per heavy atom. The van der Waals surface area contributed by atoms with Gasteiger partial charge in [-0.05, 0) is 48.4 Å². The highest BCUT2D eigenvalue weighted by atomic mass is 79.9. The van der Waals surface area contributed by atoms with Crippen LogP contribution in [0, 0.1) is 11.6 Å². The molecule has 0 bridgehead atoms. The van der Waals surface area contributed by atoms with Crippen molar-refractivity contribution in [2.45, 2.75) is 13.0 Å². The van der Waals surface area contributed by atoms with Gasteiger partial charge in [0.1, 0.15) is 11.6 Å². The summed E-state index contributed by atoms with van der Waals surface area (Å²) in [4.78, 5) is 8.61. The first-order chi connectivity index (χ1) is 15.0. The largest absolute Gasteiger partial charge is 0.507 e. The molecule has 4 aromatic rings. The summed E-state index contributed by atoms with van der Waals surface area (Å²) in [5.74, 6) is -1.31. The zero-order chi connectivity index (χ0) is 21.8. The molecule has 0 saturated heterocycles. The summed E-state index contributed by atoms with van der Waals surface area (Å²) in [6.45, 7) is 1.40. The average molecular weight is 485 g/mol. The fourth-order valence-electron chi connectivity index (χ4n) is 3.25. The van der Waals surface area contributed by atoms with Crippen molar-refractivity contribution in [1.29, 1.82) is 0 Å². The van der Waals surface area contributed by atoms with Crippen molar-refractivity contribution < 1.29 is 13.9 Å². The second-order valence-electron chi connectivity index (χ2n) is 6.97. The van der Waals surface area contributed by atoms with Gasteiger partial charge in [0.2, 0.25) is 0 Å². The zero-order valence-electron chi connectivity index (χ0n) is 16.4. The number of phenols is 1. The number of nitrogens with one attached hydrogen (secondary N) is 1. The summed E-state index contributed by atoms with van der Waals surface area (Å²) in [5.41, 5.74) is 1.50. The summed E-state index contributed by atoms with van der Waals surface area (Å²) < 4.78 is 31.0. The highest BCUT2D eigenvalue weighted by Gasteiger charge is 2.15. The summed E-state index contributed by atoms with van der Waals surface area (Å²) >= 11 is 3.40. The molecule has 0 aliphatic rings. The van der Waals surface area contributed by atoms with E-state index >= 15 is 0 Å². The van der Waals surface area contributed by atoms with E-state index in [4.69, 9.17) is 0 Å². The third kappa shape index (κ3) is 4.91. The van der Waals surface area contributed by atoms with E-state index in [1.165, 1.54) is 12.1 Å². The third-order valence-corrected chi connectivity index (χ3v) is 5.27. The van der Waals surface area contributed by atoms with Gasteiger partial charge < -0.3 is 15.0 Å². The second-order valence-corrected chi connectivity index (χ2v) is 7.89. The van der Waals surface area contributed by atoms with Gasteiger partial charge in [-0.25, -0.2) is 18.7 Å². The van der Waals surface area contributed by atoms with Crippen LogP contribution in [0.5, 0.6) is 5.75 Å². The number of hydrogen-bond donors (Lipinski definition) is 2. The highest BCUT2D eigenvalue weighted by molar-refractivity contribution is 9.10. The van der Waals surface area contributed by atoms with E-state index in [9.17, 15) is 13.9 Å². The van der Waals surface area contributed by atoms with E-state index in [0.29, 0.717) is 29.2 Å². The van der Waals surface area contributed by atoms with E-state index in [1.54, 1.807) is 42.9 Å². The number of halogens is 3. The molecule has 158 valence electrons. The molecule has 2 heterocycles. The van der Waals surface area contributed by atoms with Crippen LogP contribution in [-0.2, 0) is 6.54 Å². The molecule has 0 aliphatic heterocycles. The Bertz CT molecular complexity index is 1180. The van der Waals surface area contributed by atoms with E-state index < -0.39 is 11.6 Å². The lowest BCUT2D eigenvalue weighted by Crippen LogP contribution is -2.07. The quantitative estimate of drug-likeness (QED) is 0.322. The van der Waals surface area contributed by atoms with Crippen LogP contribution in [0.3, 0.4) is 0 Å². The molecule has 0 saturated carbocycles. The minimum atomic E-state index is -0.927. The predicted molar refractivity (Wildman–Crippen MR) is 120 cm³/mol. The Kier molecular flexibility index (Phi) is 6.27. The van der Waals surface area contributed by atoms with Crippen LogP contribution >= 0.6 is 15.9 Å². The maximum absolute atomic E-state index is 14.5. The standard InChI is InChI=1S/C23H19BrF2N4O/c24-16-5-6-21(31)18(13-16)20-11-15(17-3-1-4-19(25)23(17)26)12-22(29-20)28-7-2-9-30-10-8-27-14-30/h1,3-6,8,10-14,31H,2,7,9H2,(H,28,29). The van der Waals surface area contributed by atoms with Crippen LogP contribution in [0.25, 0.3) is 22.4 Å². The number of phenolic OH excluding ortho intramolecular Hbond substituents is 1. The molecule has 2 aromatic carbocycles. The molecule has 0 fully saturated rings. The number of benzene rings is 2. The number of imidazole rings is 1. The van der Waals surface area contributed by atoms with Crippen LogP contribution in [-0.4, -0.2) is 26.2 Å². The first-order valence-electron chi connectivity index (χ1n) is 9.66. The van der Waals surface area contributed by atoms with Crippen LogP contribution in [0.1, 0.15) is 6.42 Å². The lowest BCUT2D eigenvalue weighted by atomic mass is 10.0. The van der Waals surface area contributed by atoms with Crippen molar-refractivity contribution >= 4 is 21.7 Å². The first kappa shape index (κ1) is 21.0. The van der Waals surface area contributed by atoms with E-state index in [-0.39, 0.29) is 11.3 Å². The molecule has 0 radical (unpaired) electrons. The molecule has 5 nitrogen and oxygen atoms in total. The summed E-state index contributed by atoms with van der Waals surface area (Å²) in [6, 6.07) is 12.4. The molecule has 0 spiro atoms. The topological polar surface area (TPSA) is 63.0 Å². The molecular formula is C23H19BrF2N4O. The van der Waals surface area contributed by atoms with Gasteiger partial charge in [0.05, 0.1) is 12.0 Å². The average Bonchev–Trinajstić information content (AvgIpc) is 3.28. The molecular weight excluding hydrogens is 466 g/mol. The number of aromatic nitrogens is 3. The van der Waals surface area contributed by atoms with Crippen molar-refractivity contribution in [1.82, 2.24) is 14.5 Å². The number of pyridine rings is 1. The fraction of sp³-hybridized carbons (Fsp3) is 0.130. The molecule has 0 aliphatic carbocycles. The van der Waals surface area contributed by atoms with Crippen LogP contribution in [0.15, 0.2) is 71.7 Å². The Labute approximate surface area is 186 Å². The summed E-state index contributed by atoms with van der Waals surface area (Å²) in [7, 11) is 0.